The molecule has 1 atom stereocenters. The molecule has 25 heavy (non-hydrogen) atoms. The van der Waals surface area contributed by atoms with Crippen LogP contribution in [0.4, 0.5) is 10.5 Å². The molecule has 0 heterocycles. The molecule has 2 aromatic rings. The van der Waals surface area contributed by atoms with Crippen molar-refractivity contribution in [3.8, 4) is 0 Å². The lowest BCUT2D eigenvalue weighted by molar-refractivity contribution is 0.0940. The minimum atomic E-state index is -0.278. The van der Waals surface area contributed by atoms with Crippen molar-refractivity contribution in [1.82, 2.24) is 10.6 Å². The van der Waals surface area contributed by atoms with E-state index in [0.717, 1.165) is 5.56 Å². The summed E-state index contributed by atoms with van der Waals surface area (Å²) in [7, 11) is 0. The largest absolute Gasteiger partial charge is 0.345 e. The summed E-state index contributed by atoms with van der Waals surface area (Å²) in [6, 6.07) is 13.7. The third-order valence-electron chi connectivity index (χ3n) is 3.54. The zero-order valence-corrected chi connectivity index (χ0v) is 15.2. The Balaban J connectivity index is 1.98. The normalized spacial score (nSPS) is 11.7. The van der Waals surface area contributed by atoms with Gasteiger partial charge in [-0.2, -0.15) is 0 Å². The van der Waals surface area contributed by atoms with Crippen LogP contribution in [0, 0.1) is 0 Å². The molecule has 2 rings (SSSR count). The third-order valence-corrected chi connectivity index (χ3v) is 3.89. The molecule has 132 valence electrons. The van der Waals surface area contributed by atoms with Gasteiger partial charge in [0.05, 0.1) is 6.04 Å². The average molecular weight is 360 g/mol. The summed E-state index contributed by atoms with van der Waals surface area (Å²) in [6.07, 6.45) is 0. The lowest BCUT2D eigenvalue weighted by Gasteiger charge is -2.16. The van der Waals surface area contributed by atoms with Gasteiger partial charge in [-0.15, -0.1) is 0 Å². The highest BCUT2D eigenvalue weighted by atomic mass is 35.5. The molecular formula is C19H22ClN3O2. The topological polar surface area (TPSA) is 70.2 Å². The van der Waals surface area contributed by atoms with Crippen molar-refractivity contribution in [2.75, 3.05) is 5.32 Å². The molecule has 3 amide bonds. The number of rotatable bonds is 5. The first-order valence-corrected chi connectivity index (χ1v) is 8.47. The maximum atomic E-state index is 12.4. The van der Waals surface area contributed by atoms with E-state index in [2.05, 4.69) is 16.0 Å². The first kappa shape index (κ1) is 18.8. The van der Waals surface area contributed by atoms with Crippen molar-refractivity contribution < 1.29 is 9.59 Å². The molecule has 6 heteroatoms. The number of urea groups is 1. The molecule has 0 aliphatic rings. The van der Waals surface area contributed by atoms with Gasteiger partial charge in [-0.3, -0.25) is 4.79 Å². The Hall–Kier alpha value is -2.53. The smallest absolute Gasteiger partial charge is 0.319 e. The summed E-state index contributed by atoms with van der Waals surface area (Å²) in [5, 5.41) is 8.98. The summed E-state index contributed by atoms with van der Waals surface area (Å²) in [5.74, 6) is -0.203. The van der Waals surface area contributed by atoms with Gasteiger partial charge in [-0.05, 0) is 56.7 Å². The molecular weight excluding hydrogens is 338 g/mol. The van der Waals surface area contributed by atoms with E-state index in [1.165, 1.54) is 0 Å². The van der Waals surface area contributed by atoms with Crippen LogP contribution in [-0.2, 0) is 0 Å². The van der Waals surface area contributed by atoms with Gasteiger partial charge in [0.2, 0.25) is 0 Å². The highest BCUT2D eigenvalue weighted by Crippen LogP contribution is 2.22. The van der Waals surface area contributed by atoms with Crippen LogP contribution in [-0.4, -0.2) is 18.0 Å². The van der Waals surface area contributed by atoms with Crippen molar-refractivity contribution in [1.29, 1.82) is 0 Å². The number of amides is 3. The van der Waals surface area contributed by atoms with Crippen LogP contribution in [0.2, 0.25) is 5.02 Å². The van der Waals surface area contributed by atoms with E-state index in [0.29, 0.717) is 16.3 Å². The quantitative estimate of drug-likeness (QED) is 0.742. The van der Waals surface area contributed by atoms with Crippen LogP contribution in [0.5, 0.6) is 0 Å². The maximum absolute atomic E-state index is 12.4. The molecule has 2 aromatic carbocycles. The Morgan fingerprint density at radius 2 is 1.56 bits per heavy atom. The summed E-state index contributed by atoms with van der Waals surface area (Å²) >= 11 is 6.16. The molecule has 0 radical (unpaired) electrons. The monoisotopic (exact) mass is 359 g/mol. The Labute approximate surface area is 152 Å². The van der Waals surface area contributed by atoms with E-state index in [-0.39, 0.29) is 24.0 Å². The Morgan fingerprint density at radius 3 is 2.16 bits per heavy atom. The number of halogens is 1. The van der Waals surface area contributed by atoms with Crippen LogP contribution in [0.25, 0.3) is 0 Å². The van der Waals surface area contributed by atoms with E-state index in [1.807, 2.05) is 39.0 Å². The number of anilines is 1. The SMILES string of the molecule is CC(C)NC(=O)Nc1ccc(C(=O)NC(C)c2ccccc2Cl)cc1. The van der Waals surface area contributed by atoms with E-state index in [9.17, 15) is 9.59 Å². The lowest BCUT2D eigenvalue weighted by atomic mass is 10.1. The van der Waals surface area contributed by atoms with E-state index in [1.54, 1.807) is 30.3 Å². The molecule has 0 fully saturated rings. The second-order valence-electron chi connectivity index (χ2n) is 6.05. The summed E-state index contributed by atoms with van der Waals surface area (Å²) in [5.41, 5.74) is 1.99. The highest BCUT2D eigenvalue weighted by Gasteiger charge is 2.13. The highest BCUT2D eigenvalue weighted by molar-refractivity contribution is 6.31. The fourth-order valence-electron chi connectivity index (χ4n) is 2.32. The van der Waals surface area contributed by atoms with Gasteiger partial charge >= 0.3 is 6.03 Å². The van der Waals surface area contributed by atoms with Crippen molar-refractivity contribution in [3.05, 3.63) is 64.7 Å². The minimum Gasteiger partial charge on any atom is -0.345 e. The van der Waals surface area contributed by atoms with Crippen LogP contribution in [0.15, 0.2) is 48.5 Å². The van der Waals surface area contributed by atoms with Crippen LogP contribution >= 0.6 is 11.6 Å². The molecule has 0 aliphatic carbocycles. The van der Waals surface area contributed by atoms with Crippen LogP contribution < -0.4 is 16.0 Å². The van der Waals surface area contributed by atoms with Crippen molar-refractivity contribution in [3.63, 3.8) is 0 Å². The van der Waals surface area contributed by atoms with Crippen molar-refractivity contribution >= 4 is 29.2 Å². The predicted octanol–water partition coefficient (Wildman–Crippen LogP) is 4.36. The molecule has 0 saturated carbocycles. The third kappa shape index (κ3) is 5.50. The van der Waals surface area contributed by atoms with Crippen molar-refractivity contribution in [2.45, 2.75) is 32.9 Å². The fraction of sp³-hybridized carbons (Fsp3) is 0.263. The van der Waals surface area contributed by atoms with Gasteiger partial charge in [0, 0.05) is 22.3 Å². The van der Waals surface area contributed by atoms with Crippen LogP contribution in [0.1, 0.15) is 42.7 Å². The summed E-state index contributed by atoms with van der Waals surface area (Å²) < 4.78 is 0. The summed E-state index contributed by atoms with van der Waals surface area (Å²) in [4.78, 5) is 24.0. The van der Waals surface area contributed by atoms with Gasteiger partial charge in [0.1, 0.15) is 0 Å². The van der Waals surface area contributed by atoms with Crippen molar-refractivity contribution in [2.24, 2.45) is 0 Å². The number of nitrogens with one attached hydrogen (secondary N) is 3. The van der Waals surface area contributed by atoms with E-state index < -0.39 is 0 Å². The van der Waals surface area contributed by atoms with Gasteiger partial charge in [0.15, 0.2) is 0 Å². The van der Waals surface area contributed by atoms with Gasteiger partial charge < -0.3 is 16.0 Å². The average Bonchev–Trinajstić information content (AvgIpc) is 2.54. The summed E-state index contributed by atoms with van der Waals surface area (Å²) in [6.45, 7) is 5.64. The molecule has 0 spiro atoms. The van der Waals surface area contributed by atoms with Gasteiger partial charge in [-0.25, -0.2) is 4.79 Å². The van der Waals surface area contributed by atoms with E-state index >= 15 is 0 Å². The molecule has 3 N–H and O–H groups in total. The minimum absolute atomic E-state index is 0.0522. The standard InChI is InChI=1S/C19H22ClN3O2/c1-12(2)21-19(25)23-15-10-8-14(9-11-15)18(24)22-13(3)16-6-4-5-7-17(16)20/h4-13H,1-3H3,(H,22,24)(H2,21,23,25). The first-order valence-electron chi connectivity index (χ1n) is 8.09. The molecule has 0 saturated heterocycles. The molecule has 0 aromatic heterocycles. The zero-order chi connectivity index (χ0) is 18.4. The van der Waals surface area contributed by atoms with E-state index in [4.69, 9.17) is 11.6 Å². The number of carbonyl (C=O) groups excluding carboxylic acids is 2. The maximum Gasteiger partial charge on any atom is 0.319 e. The molecule has 1 unspecified atom stereocenters. The Morgan fingerprint density at radius 1 is 0.920 bits per heavy atom. The Bertz CT molecular complexity index is 745. The number of benzene rings is 2. The number of carbonyl (C=O) groups is 2. The van der Waals surface area contributed by atoms with Gasteiger partial charge in [-0.1, -0.05) is 29.8 Å². The number of hydrogen-bond donors (Lipinski definition) is 3. The zero-order valence-electron chi connectivity index (χ0n) is 14.5. The lowest BCUT2D eigenvalue weighted by Crippen LogP contribution is -2.34. The van der Waals surface area contributed by atoms with Crippen LogP contribution in [0.3, 0.4) is 0 Å². The second-order valence-corrected chi connectivity index (χ2v) is 6.45. The molecule has 0 aliphatic heterocycles. The first-order chi connectivity index (χ1) is 11.9. The number of hydrogen-bond acceptors (Lipinski definition) is 2. The predicted molar refractivity (Wildman–Crippen MR) is 101 cm³/mol. The Kier molecular flexibility index (Phi) is 6.42. The second kappa shape index (κ2) is 8.53. The molecule has 5 nitrogen and oxygen atoms in total. The molecule has 0 bridgehead atoms. The van der Waals surface area contributed by atoms with Gasteiger partial charge in [0.25, 0.3) is 5.91 Å². The fourth-order valence-corrected chi connectivity index (χ4v) is 2.62.